The summed E-state index contributed by atoms with van der Waals surface area (Å²) >= 11 is 5.86. The Kier molecular flexibility index (Phi) is 4.64. The monoisotopic (exact) mass is 236 g/mol. The molecule has 0 saturated heterocycles. The Morgan fingerprint density at radius 3 is 2.69 bits per heavy atom. The van der Waals surface area contributed by atoms with Gasteiger partial charge in [-0.3, -0.25) is 0 Å². The Labute approximate surface area is 102 Å². The topological polar surface area (TPSA) is 27.0 Å². The van der Waals surface area contributed by atoms with Gasteiger partial charge in [-0.1, -0.05) is 25.4 Å². The number of benzene rings is 1. The van der Waals surface area contributed by atoms with Crippen molar-refractivity contribution in [3.63, 3.8) is 0 Å². The molecule has 1 rings (SSSR count). The highest BCUT2D eigenvalue weighted by atomic mass is 35.5. The fourth-order valence-corrected chi connectivity index (χ4v) is 1.68. The lowest BCUT2D eigenvalue weighted by molar-refractivity contribution is 0.585. The van der Waals surface area contributed by atoms with Crippen LogP contribution in [0.15, 0.2) is 18.2 Å². The van der Waals surface area contributed by atoms with Gasteiger partial charge in [-0.05, 0) is 30.5 Å². The molecule has 0 radical (unpaired) electrons. The van der Waals surface area contributed by atoms with Crippen LogP contribution in [0, 0.1) is 17.2 Å². The largest absolute Gasteiger partial charge is 0.374 e. The maximum Gasteiger partial charge on any atom is 0.101 e. The Morgan fingerprint density at radius 2 is 2.12 bits per heavy atom. The Bertz CT molecular complexity index is 393. The van der Waals surface area contributed by atoms with E-state index in [1.807, 2.05) is 19.2 Å². The third kappa shape index (κ3) is 3.43. The Hall–Kier alpha value is -1.20. The molecule has 0 unspecified atom stereocenters. The zero-order chi connectivity index (χ0) is 12.1. The van der Waals surface area contributed by atoms with Gasteiger partial charge in [0.1, 0.15) is 6.07 Å². The first-order chi connectivity index (χ1) is 7.54. The van der Waals surface area contributed by atoms with Crippen LogP contribution in [0.25, 0.3) is 0 Å². The normalized spacial score (nSPS) is 10.2. The zero-order valence-electron chi connectivity index (χ0n) is 10.00. The summed E-state index contributed by atoms with van der Waals surface area (Å²) in [4.78, 5) is 2.11. The molecule has 1 aromatic rings. The Morgan fingerprint density at radius 1 is 1.44 bits per heavy atom. The molecule has 0 amide bonds. The fraction of sp³-hybridized carbons (Fsp3) is 0.462. The van der Waals surface area contributed by atoms with E-state index in [0.29, 0.717) is 16.5 Å². The molecule has 0 bridgehead atoms. The van der Waals surface area contributed by atoms with Crippen molar-refractivity contribution in [3.8, 4) is 6.07 Å². The van der Waals surface area contributed by atoms with Gasteiger partial charge in [-0.2, -0.15) is 5.26 Å². The molecule has 0 saturated carbocycles. The molecule has 86 valence electrons. The number of hydrogen-bond acceptors (Lipinski definition) is 2. The van der Waals surface area contributed by atoms with Crippen molar-refractivity contribution in [2.45, 2.75) is 20.3 Å². The van der Waals surface area contributed by atoms with Gasteiger partial charge >= 0.3 is 0 Å². The van der Waals surface area contributed by atoms with Crippen LogP contribution in [0.5, 0.6) is 0 Å². The van der Waals surface area contributed by atoms with Gasteiger partial charge in [0, 0.05) is 18.6 Å². The molecule has 1 aromatic carbocycles. The molecular weight excluding hydrogens is 220 g/mol. The molecular formula is C13H17ClN2. The molecule has 16 heavy (non-hydrogen) atoms. The highest BCUT2D eigenvalue weighted by Crippen LogP contribution is 2.23. The van der Waals surface area contributed by atoms with Crippen LogP contribution < -0.4 is 4.90 Å². The minimum Gasteiger partial charge on any atom is -0.374 e. The maximum absolute atomic E-state index is 9.03. The Balaban J connectivity index is 2.83. The molecule has 0 fully saturated rings. The summed E-state index contributed by atoms with van der Waals surface area (Å²) in [6.07, 6.45) is 1.12. The van der Waals surface area contributed by atoms with Gasteiger partial charge in [0.25, 0.3) is 0 Å². The number of nitriles is 1. The third-order valence-electron chi connectivity index (χ3n) is 2.53. The fourth-order valence-electron chi connectivity index (χ4n) is 1.50. The van der Waals surface area contributed by atoms with E-state index in [2.05, 4.69) is 24.8 Å². The number of anilines is 1. The number of hydrogen-bond donors (Lipinski definition) is 0. The van der Waals surface area contributed by atoms with Crippen LogP contribution in [0.2, 0.25) is 5.02 Å². The van der Waals surface area contributed by atoms with Crippen LogP contribution in [-0.2, 0) is 0 Å². The van der Waals surface area contributed by atoms with Gasteiger partial charge < -0.3 is 4.90 Å². The zero-order valence-corrected chi connectivity index (χ0v) is 10.8. The van der Waals surface area contributed by atoms with E-state index in [1.54, 1.807) is 6.07 Å². The summed E-state index contributed by atoms with van der Waals surface area (Å²) in [7, 11) is 2.01. The summed E-state index contributed by atoms with van der Waals surface area (Å²) < 4.78 is 0. The highest BCUT2D eigenvalue weighted by molar-refractivity contribution is 6.30. The van der Waals surface area contributed by atoms with E-state index in [0.717, 1.165) is 18.7 Å². The molecule has 0 N–H and O–H groups in total. The van der Waals surface area contributed by atoms with Crippen molar-refractivity contribution in [2.75, 3.05) is 18.5 Å². The van der Waals surface area contributed by atoms with Crippen molar-refractivity contribution in [3.05, 3.63) is 28.8 Å². The van der Waals surface area contributed by atoms with E-state index in [1.165, 1.54) is 0 Å². The molecule has 0 aromatic heterocycles. The summed E-state index contributed by atoms with van der Waals surface area (Å²) in [6, 6.07) is 7.62. The standard InChI is InChI=1S/C13H17ClN2/c1-10(2)6-7-16(3)13-5-4-12(14)8-11(13)9-15/h4-5,8,10H,6-7H2,1-3H3. The average molecular weight is 237 g/mol. The van der Waals surface area contributed by atoms with E-state index in [4.69, 9.17) is 16.9 Å². The number of halogens is 1. The van der Waals surface area contributed by atoms with Crippen molar-refractivity contribution in [1.82, 2.24) is 0 Å². The first kappa shape index (κ1) is 12.9. The minimum atomic E-state index is 0.609. The van der Waals surface area contributed by atoms with Crippen LogP contribution in [-0.4, -0.2) is 13.6 Å². The molecule has 0 spiro atoms. The van der Waals surface area contributed by atoms with Crippen molar-refractivity contribution in [1.29, 1.82) is 5.26 Å². The third-order valence-corrected chi connectivity index (χ3v) is 2.77. The second-order valence-corrected chi connectivity index (χ2v) is 4.81. The SMILES string of the molecule is CC(C)CCN(C)c1ccc(Cl)cc1C#N. The van der Waals surface area contributed by atoms with Crippen LogP contribution in [0.3, 0.4) is 0 Å². The van der Waals surface area contributed by atoms with Crippen LogP contribution >= 0.6 is 11.6 Å². The summed E-state index contributed by atoms with van der Waals surface area (Å²) in [5, 5.41) is 9.64. The predicted octanol–water partition coefficient (Wildman–Crippen LogP) is 3.69. The highest BCUT2D eigenvalue weighted by Gasteiger charge is 2.08. The first-order valence-corrected chi connectivity index (χ1v) is 5.83. The van der Waals surface area contributed by atoms with Gasteiger partial charge in [0.2, 0.25) is 0 Å². The van der Waals surface area contributed by atoms with Crippen LogP contribution in [0.1, 0.15) is 25.8 Å². The lowest BCUT2D eigenvalue weighted by Crippen LogP contribution is -2.20. The van der Waals surface area contributed by atoms with Crippen molar-refractivity contribution >= 4 is 17.3 Å². The minimum absolute atomic E-state index is 0.609. The summed E-state index contributed by atoms with van der Waals surface area (Å²) in [5.74, 6) is 0.667. The predicted molar refractivity (Wildman–Crippen MR) is 68.9 cm³/mol. The second-order valence-electron chi connectivity index (χ2n) is 4.38. The van der Waals surface area contributed by atoms with Crippen molar-refractivity contribution in [2.24, 2.45) is 5.92 Å². The van der Waals surface area contributed by atoms with Gasteiger partial charge in [0.15, 0.2) is 0 Å². The van der Waals surface area contributed by atoms with E-state index in [-0.39, 0.29) is 0 Å². The maximum atomic E-state index is 9.03. The van der Waals surface area contributed by atoms with E-state index >= 15 is 0 Å². The molecule has 0 aliphatic heterocycles. The van der Waals surface area contributed by atoms with E-state index in [9.17, 15) is 0 Å². The smallest absolute Gasteiger partial charge is 0.101 e. The van der Waals surface area contributed by atoms with Gasteiger partial charge in [-0.25, -0.2) is 0 Å². The number of rotatable bonds is 4. The molecule has 0 heterocycles. The summed E-state index contributed by atoms with van der Waals surface area (Å²) in [6.45, 7) is 5.34. The lowest BCUT2D eigenvalue weighted by Gasteiger charge is -2.21. The lowest BCUT2D eigenvalue weighted by atomic mass is 10.1. The molecule has 0 atom stereocenters. The van der Waals surface area contributed by atoms with Gasteiger partial charge in [0.05, 0.1) is 11.3 Å². The van der Waals surface area contributed by atoms with Gasteiger partial charge in [-0.15, -0.1) is 0 Å². The average Bonchev–Trinajstić information content (AvgIpc) is 2.25. The molecule has 0 aliphatic rings. The quantitative estimate of drug-likeness (QED) is 0.797. The summed E-state index contributed by atoms with van der Waals surface area (Å²) in [5.41, 5.74) is 1.59. The number of nitrogens with zero attached hydrogens (tertiary/aromatic N) is 2. The van der Waals surface area contributed by atoms with E-state index < -0.39 is 0 Å². The first-order valence-electron chi connectivity index (χ1n) is 5.45. The van der Waals surface area contributed by atoms with Crippen LogP contribution in [0.4, 0.5) is 5.69 Å². The molecule has 0 aliphatic carbocycles. The van der Waals surface area contributed by atoms with Crippen molar-refractivity contribution < 1.29 is 0 Å². The molecule has 3 heteroatoms. The second kappa shape index (κ2) is 5.77. The molecule has 2 nitrogen and oxygen atoms in total.